The third-order valence-electron chi connectivity index (χ3n) is 7.10. The van der Waals surface area contributed by atoms with Gasteiger partial charge in [0.1, 0.15) is 0 Å². The van der Waals surface area contributed by atoms with Crippen LogP contribution in [0.3, 0.4) is 0 Å². The number of aliphatic carboxylic acids is 2. The van der Waals surface area contributed by atoms with Gasteiger partial charge in [-0.15, -0.1) is 0 Å². The summed E-state index contributed by atoms with van der Waals surface area (Å²) in [5, 5.41) is 18.5. The lowest BCUT2D eigenvalue weighted by atomic mass is 9.86. The summed E-state index contributed by atoms with van der Waals surface area (Å²) in [6.45, 7) is 11.7. The third kappa shape index (κ3) is 9.34. The van der Waals surface area contributed by atoms with Crippen LogP contribution in [0, 0.1) is 24.7 Å². The molecule has 4 heteroatoms. The molecule has 0 spiro atoms. The maximum atomic E-state index is 11.2. The number of carbonyl (C=O) groups is 2. The highest BCUT2D eigenvalue weighted by atomic mass is 16.4. The molecule has 182 valence electrons. The van der Waals surface area contributed by atoms with Crippen molar-refractivity contribution in [2.75, 3.05) is 0 Å². The Labute approximate surface area is 195 Å². The standard InChI is InChI=1S/C28H46O4/c1-21-17-18-23(15-11-7-9-13-19-27(3,4)25(29)30)24(22(21)2)16-12-8-10-14-20-28(5,6)26(31)32/h17-18H,7-16,19-20H2,1-6H3,(H,29,30)(H,31,32). The van der Waals surface area contributed by atoms with E-state index in [1.165, 1.54) is 22.3 Å². The molecular weight excluding hydrogens is 400 g/mol. The van der Waals surface area contributed by atoms with Crippen LogP contribution in [0.2, 0.25) is 0 Å². The average Bonchev–Trinajstić information content (AvgIpc) is 2.70. The fourth-order valence-electron chi connectivity index (χ4n) is 4.18. The topological polar surface area (TPSA) is 74.6 Å². The molecule has 1 aromatic rings. The summed E-state index contributed by atoms with van der Waals surface area (Å²) < 4.78 is 0. The number of carboxylic acid groups (broad SMARTS) is 2. The molecule has 0 aromatic heterocycles. The van der Waals surface area contributed by atoms with Crippen molar-refractivity contribution < 1.29 is 19.8 Å². The molecule has 2 N–H and O–H groups in total. The van der Waals surface area contributed by atoms with Gasteiger partial charge in [0, 0.05) is 0 Å². The largest absolute Gasteiger partial charge is 0.481 e. The molecule has 0 saturated carbocycles. The fourth-order valence-corrected chi connectivity index (χ4v) is 4.18. The molecule has 1 rings (SSSR count). The smallest absolute Gasteiger partial charge is 0.309 e. The van der Waals surface area contributed by atoms with Crippen molar-refractivity contribution in [1.82, 2.24) is 0 Å². The van der Waals surface area contributed by atoms with E-state index in [1.54, 1.807) is 0 Å². The molecule has 0 radical (unpaired) electrons. The van der Waals surface area contributed by atoms with Gasteiger partial charge in [-0.2, -0.15) is 0 Å². The molecular formula is C28H46O4. The highest BCUT2D eigenvalue weighted by Crippen LogP contribution is 2.27. The van der Waals surface area contributed by atoms with Crippen molar-refractivity contribution in [2.45, 2.75) is 119 Å². The normalized spacial score (nSPS) is 12.2. The van der Waals surface area contributed by atoms with E-state index >= 15 is 0 Å². The van der Waals surface area contributed by atoms with Crippen molar-refractivity contribution in [3.05, 3.63) is 34.4 Å². The zero-order valence-corrected chi connectivity index (χ0v) is 21.4. The Morgan fingerprint density at radius 1 is 0.688 bits per heavy atom. The number of unbranched alkanes of at least 4 members (excludes halogenated alkanes) is 6. The lowest BCUT2D eigenvalue weighted by Crippen LogP contribution is -2.23. The quantitative estimate of drug-likeness (QED) is 0.258. The average molecular weight is 447 g/mol. The first-order valence-corrected chi connectivity index (χ1v) is 12.4. The van der Waals surface area contributed by atoms with Crippen molar-refractivity contribution in [1.29, 1.82) is 0 Å². The van der Waals surface area contributed by atoms with Crippen LogP contribution in [-0.4, -0.2) is 22.2 Å². The zero-order chi connectivity index (χ0) is 24.4. The third-order valence-corrected chi connectivity index (χ3v) is 7.10. The molecule has 0 unspecified atom stereocenters. The molecule has 32 heavy (non-hydrogen) atoms. The number of carboxylic acids is 2. The maximum Gasteiger partial charge on any atom is 0.309 e. The van der Waals surface area contributed by atoms with Crippen molar-refractivity contribution in [2.24, 2.45) is 10.8 Å². The molecule has 4 nitrogen and oxygen atoms in total. The van der Waals surface area contributed by atoms with E-state index in [2.05, 4.69) is 26.0 Å². The molecule has 0 bridgehead atoms. The Morgan fingerprint density at radius 2 is 1.12 bits per heavy atom. The number of rotatable bonds is 16. The van der Waals surface area contributed by atoms with Gasteiger partial charge in [0.15, 0.2) is 0 Å². The highest BCUT2D eigenvalue weighted by molar-refractivity contribution is 5.73. The van der Waals surface area contributed by atoms with Crippen LogP contribution in [0.25, 0.3) is 0 Å². The second kappa shape index (κ2) is 13.0. The molecule has 0 aliphatic carbocycles. The highest BCUT2D eigenvalue weighted by Gasteiger charge is 2.26. The number of benzene rings is 1. The van der Waals surface area contributed by atoms with E-state index in [9.17, 15) is 19.8 Å². The van der Waals surface area contributed by atoms with Crippen molar-refractivity contribution in [3.8, 4) is 0 Å². The van der Waals surface area contributed by atoms with E-state index < -0.39 is 22.8 Å². The Kier molecular flexibility index (Phi) is 11.5. The lowest BCUT2D eigenvalue weighted by molar-refractivity contribution is -0.148. The van der Waals surface area contributed by atoms with Crippen LogP contribution >= 0.6 is 0 Å². The molecule has 0 amide bonds. The van der Waals surface area contributed by atoms with Gasteiger partial charge in [-0.05, 0) is 102 Å². The molecule has 0 saturated heterocycles. The minimum Gasteiger partial charge on any atom is -0.481 e. The predicted octanol–water partition coefficient (Wildman–Crippen LogP) is 7.51. The summed E-state index contributed by atoms with van der Waals surface area (Å²) in [5.74, 6) is -1.41. The number of hydrogen-bond acceptors (Lipinski definition) is 2. The summed E-state index contributed by atoms with van der Waals surface area (Å²) in [6, 6.07) is 4.53. The predicted molar refractivity (Wildman–Crippen MR) is 132 cm³/mol. The molecule has 0 aliphatic heterocycles. The van der Waals surface area contributed by atoms with E-state index in [0.29, 0.717) is 0 Å². The van der Waals surface area contributed by atoms with Crippen molar-refractivity contribution >= 4 is 11.9 Å². The number of hydrogen-bond donors (Lipinski definition) is 2. The van der Waals surface area contributed by atoms with Crippen molar-refractivity contribution in [3.63, 3.8) is 0 Å². The van der Waals surface area contributed by atoms with Gasteiger partial charge in [0.25, 0.3) is 0 Å². The van der Waals surface area contributed by atoms with Crippen LogP contribution in [0.4, 0.5) is 0 Å². The number of aryl methyl sites for hydroxylation is 2. The summed E-state index contributed by atoms with van der Waals surface area (Å²) in [7, 11) is 0. The van der Waals surface area contributed by atoms with Gasteiger partial charge >= 0.3 is 11.9 Å². The van der Waals surface area contributed by atoms with Gasteiger partial charge in [-0.1, -0.05) is 50.7 Å². The Balaban J connectivity index is 2.45. The van der Waals surface area contributed by atoms with Gasteiger partial charge in [0.05, 0.1) is 10.8 Å². The van der Waals surface area contributed by atoms with Crippen LogP contribution in [0.1, 0.15) is 114 Å². The minimum absolute atomic E-state index is 0.620. The summed E-state index contributed by atoms with van der Waals surface area (Å²) in [4.78, 5) is 22.4. The zero-order valence-electron chi connectivity index (χ0n) is 21.4. The van der Waals surface area contributed by atoms with E-state index in [0.717, 1.165) is 77.0 Å². The van der Waals surface area contributed by atoms with Gasteiger partial charge in [-0.3, -0.25) is 9.59 Å². The second-order valence-corrected chi connectivity index (χ2v) is 10.9. The summed E-state index contributed by atoms with van der Waals surface area (Å²) in [6.07, 6.45) is 12.3. The van der Waals surface area contributed by atoms with Gasteiger partial charge in [0.2, 0.25) is 0 Å². The van der Waals surface area contributed by atoms with Gasteiger partial charge in [-0.25, -0.2) is 0 Å². The second-order valence-electron chi connectivity index (χ2n) is 10.9. The van der Waals surface area contributed by atoms with Gasteiger partial charge < -0.3 is 10.2 Å². The first-order chi connectivity index (χ1) is 14.9. The lowest BCUT2D eigenvalue weighted by Gasteiger charge is -2.19. The molecule has 1 aromatic carbocycles. The molecule has 0 atom stereocenters. The SMILES string of the molecule is Cc1ccc(CCCCCCC(C)(C)C(=O)O)c(CCCCCCC(C)(C)C(=O)O)c1C. The molecule has 0 fully saturated rings. The molecule has 0 aliphatic rings. The Morgan fingerprint density at radius 3 is 1.59 bits per heavy atom. The fraction of sp³-hybridized carbons (Fsp3) is 0.714. The van der Waals surface area contributed by atoms with E-state index in [-0.39, 0.29) is 0 Å². The van der Waals surface area contributed by atoms with Crippen LogP contribution in [0.15, 0.2) is 12.1 Å². The Hall–Kier alpha value is -1.84. The first kappa shape index (κ1) is 28.2. The summed E-state index contributed by atoms with van der Waals surface area (Å²) in [5.41, 5.74) is 4.49. The van der Waals surface area contributed by atoms with Crippen LogP contribution in [0.5, 0.6) is 0 Å². The summed E-state index contributed by atoms with van der Waals surface area (Å²) >= 11 is 0. The maximum absolute atomic E-state index is 11.2. The van der Waals surface area contributed by atoms with E-state index in [4.69, 9.17) is 0 Å². The van der Waals surface area contributed by atoms with Crippen LogP contribution < -0.4 is 0 Å². The molecule has 0 heterocycles. The van der Waals surface area contributed by atoms with E-state index in [1.807, 2.05) is 27.7 Å². The minimum atomic E-state index is -0.706. The monoisotopic (exact) mass is 446 g/mol. The van der Waals surface area contributed by atoms with Crippen LogP contribution in [-0.2, 0) is 22.4 Å². The first-order valence-electron chi connectivity index (χ1n) is 12.4. The Bertz CT molecular complexity index is 746.